The van der Waals surface area contributed by atoms with Gasteiger partial charge in [-0.15, -0.1) is 0 Å². The Labute approximate surface area is 195 Å². The number of aromatic nitrogens is 1. The molecule has 4 amide bonds. The van der Waals surface area contributed by atoms with Crippen molar-refractivity contribution in [2.75, 3.05) is 13.1 Å². The molecular formula is C25H23FN4O4. The zero-order chi connectivity index (χ0) is 23.7. The summed E-state index contributed by atoms with van der Waals surface area (Å²) in [7, 11) is 0. The number of nitrogens with one attached hydrogen (secondary N) is 1. The summed E-state index contributed by atoms with van der Waals surface area (Å²) in [5.74, 6) is -1.11. The first-order valence-corrected chi connectivity index (χ1v) is 11.1. The number of imide groups is 1. The topological polar surface area (TPSA) is 95.8 Å². The lowest BCUT2D eigenvalue weighted by molar-refractivity contribution is -0.134. The fraction of sp³-hybridized carbons (Fsp3) is 0.280. The number of halogens is 1. The molecule has 0 spiro atoms. The van der Waals surface area contributed by atoms with Crippen LogP contribution in [0.25, 0.3) is 0 Å². The van der Waals surface area contributed by atoms with Gasteiger partial charge in [0.1, 0.15) is 12.1 Å². The number of hydrogen-bond acceptors (Lipinski definition) is 5. The Morgan fingerprint density at radius 1 is 1.15 bits per heavy atom. The van der Waals surface area contributed by atoms with E-state index in [1.165, 1.54) is 29.6 Å². The van der Waals surface area contributed by atoms with E-state index in [1.807, 2.05) is 0 Å². The Balaban J connectivity index is 1.41. The first-order chi connectivity index (χ1) is 16.5. The number of nitrogens with zero attached hydrogens (tertiary/aromatic N) is 3. The Morgan fingerprint density at radius 2 is 1.91 bits per heavy atom. The van der Waals surface area contributed by atoms with Crippen LogP contribution in [0, 0.1) is 11.7 Å². The van der Waals surface area contributed by atoms with Crippen LogP contribution in [-0.2, 0) is 16.9 Å². The summed E-state index contributed by atoms with van der Waals surface area (Å²) in [5.41, 5.74) is 0.453. The van der Waals surface area contributed by atoms with E-state index in [1.54, 1.807) is 47.6 Å². The van der Waals surface area contributed by atoms with Gasteiger partial charge in [0.05, 0.1) is 18.4 Å². The second-order valence-corrected chi connectivity index (χ2v) is 8.58. The van der Waals surface area contributed by atoms with Crippen LogP contribution in [-0.4, -0.2) is 45.7 Å². The number of benzene rings is 1. The van der Waals surface area contributed by atoms with E-state index >= 15 is 0 Å². The normalized spacial score (nSPS) is 21.1. The maximum Gasteiger partial charge on any atom is 0.325 e. The molecular weight excluding hydrogens is 439 g/mol. The third kappa shape index (κ3) is 3.72. The van der Waals surface area contributed by atoms with E-state index in [9.17, 15) is 18.8 Å². The second-order valence-electron chi connectivity index (χ2n) is 8.58. The van der Waals surface area contributed by atoms with Crippen molar-refractivity contribution in [2.24, 2.45) is 5.92 Å². The predicted molar refractivity (Wildman–Crippen MR) is 119 cm³/mol. The molecule has 0 saturated carbocycles. The molecule has 1 N–H and O–H groups in total. The van der Waals surface area contributed by atoms with Crippen molar-refractivity contribution in [3.63, 3.8) is 0 Å². The van der Waals surface area contributed by atoms with E-state index in [-0.39, 0.29) is 30.1 Å². The van der Waals surface area contributed by atoms with Gasteiger partial charge in [0.2, 0.25) is 0 Å². The van der Waals surface area contributed by atoms with Crippen molar-refractivity contribution >= 4 is 17.8 Å². The van der Waals surface area contributed by atoms with Crippen LogP contribution in [0.2, 0.25) is 0 Å². The molecule has 1 atom stereocenters. The number of furan rings is 1. The third-order valence-corrected chi connectivity index (χ3v) is 6.67. The largest absolute Gasteiger partial charge is 0.472 e. The van der Waals surface area contributed by atoms with Crippen molar-refractivity contribution in [1.82, 2.24) is 20.1 Å². The van der Waals surface area contributed by atoms with Gasteiger partial charge in [-0.25, -0.2) is 9.18 Å². The number of carbonyl (C=O) groups is 3. The Morgan fingerprint density at radius 3 is 2.56 bits per heavy atom. The zero-order valence-corrected chi connectivity index (χ0v) is 18.3. The third-order valence-electron chi connectivity index (χ3n) is 6.67. The van der Waals surface area contributed by atoms with E-state index in [4.69, 9.17) is 4.42 Å². The fourth-order valence-electron chi connectivity index (χ4n) is 4.90. The average molecular weight is 462 g/mol. The lowest BCUT2D eigenvalue weighted by Gasteiger charge is -2.41. The predicted octanol–water partition coefficient (Wildman–Crippen LogP) is 3.31. The summed E-state index contributed by atoms with van der Waals surface area (Å²) >= 11 is 0. The molecule has 4 heterocycles. The summed E-state index contributed by atoms with van der Waals surface area (Å²) in [6, 6.07) is 10.4. The molecule has 3 aromatic rings. The summed E-state index contributed by atoms with van der Waals surface area (Å²) in [4.78, 5) is 46.7. The highest BCUT2D eigenvalue weighted by Crippen LogP contribution is 2.41. The number of piperidine rings is 1. The van der Waals surface area contributed by atoms with Gasteiger partial charge in [-0.05, 0) is 48.6 Å². The number of hydrogen-bond donors (Lipinski definition) is 1. The number of urea groups is 1. The molecule has 0 bridgehead atoms. The molecule has 2 aliphatic heterocycles. The Hall–Kier alpha value is -4.01. The standard InChI is InChI=1S/C25H23FN4O4/c26-21-5-3-17(4-6-21)15-30-23(32)25(28-24(30)33,20-2-1-10-27-14-20)19-7-11-29(12-8-19)22(31)18-9-13-34-16-18/h1-6,9-10,13-14,16,19H,7-8,11-12,15H2,(H,28,33)/t25-/m1/s1. The molecule has 174 valence electrons. The van der Waals surface area contributed by atoms with E-state index < -0.39 is 11.6 Å². The smallest absolute Gasteiger partial charge is 0.325 e. The van der Waals surface area contributed by atoms with Gasteiger partial charge in [0.15, 0.2) is 5.54 Å². The minimum Gasteiger partial charge on any atom is -0.472 e. The maximum atomic E-state index is 13.9. The van der Waals surface area contributed by atoms with Crippen LogP contribution in [0.15, 0.2) is 71.8 Å². The van der Waals surface area contributed by atoms with Crippen LogP contribution in [0.5, 0.6) is 0 Å². The highest BCUT2D eigenvalue weighted by molar-refractivity contribution is 6.07. The lowest BCUT2D eigenvalue weighted by atomic mass is 9.73. The van der Waals surface area contributed by atoms with Crippen LogP contribution in [0.1, 0.15) is 34.3 Å². The molecule has 8 nitrogen and oxygen atoms in total. The second kappa shape index (κ2) is 8.74. The minimum absolute atomic E-state index is 0.0325. The molecule has 0 radical (unpaired) electrons. The fourth-order valence-corrected chi connectivity index (χ4v) is 4.90. The maximum absolute atomic E-state index is 13.9. The number of amides is 4. The first kappa shape index (κ1) is 21.8. The first-order valence-electron chi connectivity index (χ1n) is 11.1. The highest BCUT2D eigenvalue weighted by atomic mass is 19.1. The summed E-state index contributed by atoms with van der Waals surface area (Å²) < 4.78 is 18.3. The van der Waals surface area contributed by atoms with E-state index in [2.05, 4.69) is 10.3 Å². The molecule has 2 aromatic heterocycles. The number of carbonyl (C=O) groups excluding carboxylic acids is 3. The molecule has 5 rings (SSSR count). The van der Waals surface area contributed by atoms with Crippen LogP contribution in [0.4, 0.5) is 9.18 Å². The SMILES string of the molecule is O=C(c1ccoc1)N1CCC([C@]2(c3cccnc3)NC(=O)N(Cc3ccc(F)cc3)C2=O)CC1. The zero-order valence-electron chi connectivity index (χ0n) is 18.3. The van der Waals surface area contributed by atoms with Gasteiger partial charge < -0.3 is 14.6 Å². The van der Waals surface area contributed by atoms with Crippen molar-refractivity contribution in [3.05, 3.63) is 89.9 Å². The van der Waals surface area contributed by atoms with Crippen LogP contribution < -0.4 is 5.32 Å². The molecule has 1 aromatic carbocycles. The molecule has 2 saturated heterocycles. The number of rotatable bonds is 5. The van der Waals surface area contributed by atoms with Crippen LogP contribution >= 0.6 is 0 Å². The van der Waals surface area contributed by atoms with Gasteiger partial charge in [0, 0.05) is 31.0 Å². The Bertz CT molecular complexity index is 1190. The van der Waals surface area contributed by atoms with E-state index in [0.717, 1.165) is 0 Å². The number of likely N-dealkylation sites (tertiary alicyclic amines) is 1. The van der Waals surface area contributed by atoms with Gasteiger partial charge in [-0.3, -0.25) is 19.5 Å². The van der Waals surface area contributed by atoms with Crippen molar-refractivity contribution in [1.29, 1.82) is 0 Å². The summed E-state index contributed by atoms with van der Waals surface area (Å²) in [6.45, 7) is 0.917. The van der Waals surface area contributed by atoms with Crippen molar-refractivity contribution < 1.29 is 23.2 Å². The molecule has 2 aliphatic rings. The lowest BCUT2D eigenvalue weighted by Crippen LogP contribution is -2.54. The van der Waals surface area contributed by atoms with Gasteiger partial charge in [-0.1, -0.05) is 18.2 Å². The molecule has 34 heavy (non-hydrogen) atoms. The molecule has 9 heteroatoms. The Kier molecular flexibility index (Phi) is 5.61. The average Bonchev–Trinajstić information content (AvgIpc) is 3.49. The van der Waals surface area contributed by atoms with Gasteiger partial charge in [0.25, 0.3) is 11.8 Å². The van der Waals surface area contributed by atoms with Crippen molar-refractivity contribution in [3.8, 4) is 0 Å². The van der Waals surface area contributed by atoms with Gasteiger partial charge in [-0.2, -0.15) is 0 Å². The minimum atomic E-state index is -1.28. The van der Waals surface area contributed by atoms with Crippen molar-refractivity contribution in [2.45, 2.75) is 24.9 Å². The quantitative estimate of drug-likeness (QED) is 0.587. The van der Waals surface area contributed by atoms with Crippen LogP contribution in [0.3, 0.4) is 0 Å². The summed E-state index contributed by atoms with van der Waals surface area (Å²) in [6.07, 6.45) is 7.13. The molecule has 0 unspecified atom stereocenters. The number of pyridine rings is 1. The molecule has 2 fully saturated rings. The highest BCUT2D eigenvalue weighted by Gasteiger charge is 2.57. The van der Waals surface area contributed by atoms with Gasteiger partial charge >= 0.3 is 6.03 Å². The van der Waals surface area contributed by atoms with E-state index in [0.29, 0.717) is 42.6 Å². The molecule has 0 aliphatic carbocycles. The summed E-state index contributed by atoms with van der Waals surface area (Å²) in [5, 5.41) is 2.96. The monoisotopic (exact) mass is 462 g/mol.